The van der Waals surface area contributed by atoms with Crippen LogP contribution in [0.4, 0.5) is 0 Å². The zero-order chi connectivity index (χ0) is 15.6. The van der Waals surface area contributed by atoms with Crippen LogP contribution in [0.25, 0.3) is 0 Å². The molecule has 1 heterocycles. The van der Waals surface area contributed by atoms with Crippen LogP contribution >= 0.6 is 36.2 Å². The van der Waals surface area contributed by atoms with Gasteiger partial charge in [0.05, 0.1) is 16.7 Å². The lowest BCUT2D eigenvalue weighted by Gasteiger charge is -2.32. The Hall–Kier alpha value is -0.360. The van der Waals surface area contributed by atoms with Gasteiger partial charge in [-0.1, -0.05) is 13.3 Å². The number of hydrogen-bond acceptors (Lipinski definition) is 4. The van der Waals surface area contributed by atoms with Gasteiger partial charge < -0.3 is 10.6 Å². The number of nitrogens with two attached hydrogens (primary N) is 1. The Morgan fingerprint density at radius 1 is 1.43 bits per heavy atom. The summed E-state index contributed by atoms with van der Waals surface area (Å²) in [5.41, 5.74) is 7.08. The summed E-state index contributed by atoms with van der Waals surface area (Å²) in [7, 11) is 1.91. The molecule has 3 unspecified atom stereocenters. The first-order valence-electron chi connectivity index (χ1n) is 7.92. The highest BCUT2D eigenvalue weighted by molar-refractivity contribution is 7.11. The molecule has 3 atom stereocenters. The van der Waals surface area contributed by atoms with Crippen molar-refractivity contribution in [2.45, 2.75) is 65.0 Å². The first-order chi connectivity index (χ1) is 9.93. The van der Waals surface area contributed by atoms with Gasteiger partial charge in [-0.15, -0.1) is 36.2 Å². The second kappa shape index (κ2) is 9.82. The number of amides is 1. The van der Waals surface area contributed by atoms with E-state index in [9.17, 15) is 4.79 Å². The summed E-state index contributed by atoms with van der Waals surface area (Å²) in [4.78, 5) is 20.4. The zero-order valence-electron chi connectivity index (χ0n) is 14.4. The van der Waals surface area contributed by atoms with Crippen LogP contribution in [0.1, 0.15) is 61.2 Å². The van der Waals surface area contributed by atoms with Crippen LogP contribution in [0.3, 0.4) is 0 Å². The molecule has 2 N–H and O–H groups in total. The van der Waals surface area contributed by atoms with Crippen molar-refractivity contribution in [3.63, 3.8) is 0 Å². The van der Waals surface area contributed by atoms with E-state index < -0.39 is 0 Å². The molecule has 1 aromatic rings. The molecule has 23 heavy (non-hydrogen) atoms. The van der Waals surface area contributed by atoms with Crippen LogP contribution < -0.4 is 5.73 Å². The summed E-state index contributed by atoms with van der Waals surface area (Å²) >= 11 is 1.73. The van der Waals surface area contributed by atoms with E-state index in [2.05, 4.69) is 18.8 Å². The third kappa shape index (κ3) is 5.31. The summed E-state index contributed by atoms with van der Waals surface area (Å²) < 4.78 is 0. The third-order valence-electron chi connectivity index (χ3n) is 4.55. The Kier molecular flexibility index (Phi) is 9.67. The van der Waals surface area contributed by atoms with E-state index in [1.807, 2.05) is 18.9 Å². The van der Waals surface area contributed by atoms with Gasteiger partial charge in [0.25, 0.3) is 0 Å². The number of halogens is 2. The maximum absolute atomic E-state index is 12.7. The quantitative estimate of drug-likeness (QED) is 0.859. The fraction of sp³-hybridized carbons (Fsp3) is 0.750. The van der Waals surface area contributed by atoms with Gasteiger partial charge in [-0.3, -0.25) is 4.79 Å². The van der Waals surface area contributed by atoms with Crippen LogP contribution in [0.5, 0.6) is 0 Å². The van der Waals surface area contributed by atoms with Gasteiger partial charge in [-0.05, 0) is 39.5 Å². The number of rotatable bonds is 4. The smallest absolute Gasteiger partial charge is 0.226 e. The van der Waals surface area contributed by atoms with Gasteiger partial charge in [-0.2, -0.15) is 0 Å². The number of aromatic nitrogens is 1. The molecule has 0 saturated heterocycles. The van der Waals surface area contributed by atoms with Crippen molar-refractivity contribution >= 4 is 42.1 Å². The molecule has 1 aliphatic carbocycles. The number of hydrogen-bond donors (Lipinski definition) is 1. The Morgan fingerprint density at radius 2 is 2.09 bits per heavy atom. The Bertz CT molecular complexity index is 510. The summed E-state index contributed by atoms with van der Waals surface area (Å²) in [5, 5.41) is 1.15. The highest BCUT2D eigenvalue weighted by atomic mass is 35.5. The highest BCUT2D eigenvalue weighted by Gasteiger charge is 2.30. The van der Waals surface area contributed by atoms with E-state index in [4.69, 9.17) is 5.73 Å². The monoisotopic (exact) mass is 381 g/mol. The zero-order valence-corrected chi connectivity index (χ0v) is 16.8. The van der Waals surface area contributed by atoms with Crippen molar-refractivity contribution in [2.24, 2.45) is 11.7 Å². The van der Waals surface area contributed by atoms with Crippen molar-refractivity contribution in [2.75, 3.05) is 7.05 Å². The first-order valence-corrected chi connectivity index (χ1v) is 8.74. The summed E-state index contributed by atoms with van der Waals surface area (Å²) in [6.07, 6.45) is 4.88. The van der Waals surface area contributed by atoms with E-state index >= 15 is 0 Å². The topological polar surface area (TPSA) is 59.2 Å². The number of carbonyl (C=O) groups is 1. The molecule has 2 rings (SSSR count). The van der Waals surface area contributed by atoms with E-state index in [0.717, 1.165) is 42.8 Å². The predicted octanol–water partition coefficient (Wildman–Crippen LogP) is 3.89. The molecule has 1 aromatic heterocycles. The molecule has 0 aromatic carbocycles. The summed E-state index contributed by atoms with van der Waals surface area (Å²) in [5.74, 6) is 0.337. The molecule has 1 saturated carbocycles. The van der Waals surface area contributed by atoms with Crippen molar-refractivity contribution in [1.29, 1.82) is 0 Å². The molecule has 0 spiro atoms. The van der Waals surface area contributed by atoms with Gasteiger partial charge in [0.2, 0.25) is 5.91 Å². The third-order valence-corrected chi connectivity index (χ3v) is 6.02. The number of aryl methyl sites for hydroxylation is 2. The second-order valence-corrected chi connectivity index (χ2v) is 7.27. The Balaban J connectivity index is 0.00000242. The van der Waals surface area contributed by atoms with Crippen molar-refractivity contribution in [3.8, 4) is 0 Å². The SMILES string of the molecule is CCc1nc(C)c(C(C)N(C)C(=O)C2CCCC(N)C2)s1.Cl.Cl. The normalized spacial score (nSPS) is 21.8. The number of thiazole rings is 1. The lowest BCUT2D eigenvalue weighted by Crippen LogP contribution is -2.39. The lowest BCUT2D eigenvalue weighted by atomic mass is 9.85. The second-order valence-electron chi connectivity index (χ2n) is 6.16. The lowest BCUT2D eigenvalue weighted by molar-refractivity contribution is -0.137. The minimum Gasteiger partial charge on any atom is -0.338 e. The van der Waals surface area contributed by atoms with E-state index in [1.54, 1.807) is 11.3 Å². The molecule has 0 radical (unpaired) electrons. The van der Waals surface area contributed by atoms with Gasteiger partial charge in [0, 0.05) is 23.9 Å². The largest absolute Gasteiger partial charge is 0.338 e. The minimum absolute atomic E-state index is 0. The molecule has 0 bridgehead atoms. The van der Waals surface area contributed by atoms with Crippen molar-refractivity contribution in [3.05, 3.63) is 15.6 Å². The average molecular weight is 382 g/mol. The van der Waals surface area contributed by atoms with E-state index in [0.29, 0.717) is 0 Å². The van der Waals surface area contributed by atoms with E-state index in [1.165, 1.54) is 4.88 Å². The van der Waals surface area contributed by atoms with Gasteiger partial charge in [0.1, 0.15) is 0 Å². The standard InChI is InChI=1S/C16H27N3OS.2ClH/c1-5-14-18-10(2)15(21-14)11(3)19(4)16(20)12-7-6-8-13(17)9-12;;/h11-13H,5-9,17H2,1-4H3;2*1H. The molecule has 1 aliphatic rings. The van der Waals surface area contributed by atoms with Crippen LogP contribution in [0.15, 0.2) is 0 Å². The summed E-state index contributed by atoms with van der Waals surface area (Å²) in [6.45, 7) is 6.25. The highest BCUT2D eigenvalue weighted by Crippen LogP contribution is 2.32. The van der Waals surface area contributed by atoms with Crippen LogP contribution in [-0.4, -0.2) is 28.9 Å². The predicted molar refractivity (Wildman–Crippen MR) is 102 cm³/mol. The van der Waals surface area contributed by atoms with Gasteiger partial charge in [-0.25, -0.2) is 4.98 Å². The molecule has 0 aliphatic heterocycles. The fourth-order valence-corrected chi connectivity index (χ4v) is 4.21. The van der Waals surface area contributed by atoms with Crippen molar-refractivity contribution in [1.82, 2.24) is 9.88 Å². The maximum Gasteiger partial charge on any atom is 0.226 e. The van der Waals surface area contributed by atoms with E-state index in [-0.39, 0.29) is 48.7 Å². The maximum atomic E-state index is 12.7. The molecule has 134 valence electrons. The first kappa shape index (κ1) is 22.6. The summed E-state index contributed by atoms with van der Waals surface area (Å²) in [6, 6.07) is 0.279. The molecule has 1 fully saturated rings. The average Bonchev–Trinajstić information content (AvgIpc) is 2.86. The number of nitrogens with zero attached hydrogens (tertiary/aromatic N) is 2. The molecular weight excluding hydrogens is 353 g/mol. The number of carbonyl (C=O) groups excluding carboxylic acids is 1. The molecular formula is C16H29Cl2N3OS. The van der Waals surface area contributed by atoms with Crippen LogP contribution in [0, 0.1) is 12.8 Å². The molecule has 7 heteroatoms. The molecule has 4 nitrogen and oxygen atoms in total. The fourth-order valence-electron chi connectivity index (χ4n) is 3.11. The van der Waals surface area contributed by atoms with Crippen LogP contribution in [-0.2, 0) is 11.2 Å². The Labute approximate surface area is 156 Å². The van der Waals surface area contributed by atoms with Gasteiger partial charge in [0.15, 0.2) is 0 Å². The van der Waals surface area contributed by atoms with Crippen LogP contribution in [0.2, 0.25) is 0 Å². The van der Waals surface area contributed by atoms with Gasteiger partial charge >= 0.3 is 0 Å². The Morgan fingerprint density at radius 3 is 2.61 bits per heavy atom. The van der Waals surface area contributed by atoms with Crippen molar-refractivity contribution < 1.29 is 4.79 Å². The minimum atomic E-state index is 0. The molecule has 1 amide bonds.